The molecule has 4 rings (SSSR count). The summed E-state index contributed by atoms with van der Waals surface area (Å²) in [7, 11) is 0. The quantitative estimate of drug-likeness (QED) is 0.646. The molecule has 0 saturated carbocycles. The predicted octanol–water partition coefficient (Wildman–Crippen LogP) is 5.12. The molecule has 1 aromatic heterocycles. The number of hydrogen-bond donors (Lipinski definition) is 2. The fourth-order valence-corrected chi connectivity index (χ4v) is 3.52. The van der Waals surface area contributed by atoms with Crippen LogP contribution in [-0.2, 0) is 13.0 Å². The third-order valence-electron chi connectivity index (χ3n) is 4.72. The Morgan fingerprint density at radius 2 is 1.96 bits per heavy atom. The van der Waals surface area contributed by atoms with Gasteiger partial charge in [-0.3, -0.25) is 4.98 Å². The van der Waals surface area contributed by atoms with Crippen molar-refractivity contribution in [3.8, 4) is 5.75 Å². The van der Waals surface area contributed by atoms with E-state index in [0.717, 1.165) is 35.3 Å². The molecular formula is C22H20ClN3O2. The van der Waals surface area contributed by atoms with Gasteiger partial charge in [0.05, 0.1) is 0 Å². The van der Waals surface area contributed by atoms with Crippen molar-refractivity contribution in [2.24, 2.45) is 0 Å². The minimum atomic E-state index is -0.268. The van der Waals surface area contributed by atoms with Crippen molar-refractivity contribution in [2.45, 2.75) is 25.5 Å². The molecule has 0 spiro atoms. The number of ether oxygens (including phenoxy) is 1. The van der Waals surface area contributed by atoms with Crippen LogP contribution < -0.4 is 15.4 Å². The Hall–Kier alpha value is -3.05. The van der Waals surface area contributed by atoms with Crippen molar-refractivity contribution >= 4 is 23.3 Å². The molecule has 0 radical (unpaired) electrons. The molecule has 2 amide bonds. The standard InChI is InChI=1S/C22H20ClN3O2/c23-19-4-2-1-3-18(19)20-8-6-16-5-7-17(13-21(16)28-20)26-22(27)25-14-15-9-11-24-12-10-15/h1-5,7,9-13,20H,6,8,14H2,(H2,25,26,27). The number of hydrogen-bond acceptors (Lipinski definition) is 3. The van der Waals surface area contributed by atoms with Crippen LogP contribution in [0.25, 0.3) is 0 Å². The van der Waals surface area contributed by atoms with E-state index in [0.29, 0.717) is 17.3 Å². The number of aryl methyl sites for hydroxylation is 1. The molecule has 0 aliphatic carbocycles. The predicted molar refractivity (Wildman–Crippen MR) is 110 cm³/mol. The first-order valence-corrected chi connectivity index (χ1v) is 9.54. The van der Waals surface area contributed by atoms with Crippen molar-refractivity contribution < 1.29 is 9.53 Å². The van der Waals surface area contributed by atoms with E-state index in [4.69, 9.17) is 16.3 Å². The average Bonchev–Trinajstić information content (AvgIpc) is 2.73. The maximum Gasteiger partial charge on any atom is 0.319 e. The van der Waals surface area contributed by atoms with E-state index in [-0.39, 0.29) is 12.1 Å². The topological polar surface area (TPSA) is 63.2 Å². The van der Waals surface area contributed by atoms with Crippen LogP contribution in [-0.4, -0.2) is 11.0 Å². The number of nitrogens with one attached hydrogen (secondary N) is 2. The second-order valence-corrected chi connectivity index (χ2v) is 7.06. The number of amides is 2. The Morgan fingerprint density at radius 1 is 1.14 bits per heavy atom. The molecule has 3 aromatic rings. The van der Waals surface area contributed by atoms with Gasteiger partial charge in [-0.1, -0.05) is 35.9 Å². The summed E-state index contributed by atoms with van der Waals surface area (Å²) in [6.45, 7) is 0.435. The molecule has 0 bridgehead atoms. The van der Waals surface area contributed by atoms with Crippen LogP contribution >= 0.6 is 11.6 Å². The summed E-state index contributed by atoms with van der Waals surface area (Å²) < 4.78 is 6.19. The highest BCUT2D eigenvalue weighted by atomic mass is 35.5. The maximum absolute atomic E-state index is 12.2. The van der Waals surface area contributed by atoms with Gasteiger partial charge >= 0.3 is 6.03 Å². The lowest BCUT2D eigenvalue weighted by Crippen LogP contribution is -2.28. The van der Waals surface area contributed by atoms with Gasteiger partial charge in [-0.25, -0.2) is 4.79 Å². The van der Waals surface area contributed by atoms with Crippen molar-refractivity contribution in [3.63, 3.8) is 0 Å². The summed E-state index contributed by atoms with van der Waals surface area (Å²) in [5, 5.41) is 6.40. The molecule has 2 aromatic carbocycles. The molecule has 0 fully saturated rings. The molecule has 28 heavy (non-hydrogen) atoms. The van der Waals surface area contributed by atoms with Crippen LogP contribution in [0, 0.1) is 0 Å². The fraction of sp³-hybridized carbons (Fsp3) is 0.182. The molecular weight excluding hydrogens is 374 g/mol. The normalized spacial score (nSPS) is 15.2. The molecule has 5 nitrogen and oxygen atoms in total. The minimum absolute atomic E-state index is 0.0861. The molecule has 0 saturated heterocycles. The van der Waals surface area contributed by atoms with Gasteiger partial charge in [-0.15, -0.1) is 0 Å². The zero-order valence-electron chi connectivity index (χ0n) is 15.2. The summed E-state index contributed by atoms with van der Waals surface area (Å²) in [4.78, 5) is 16.2. The van der Waals surface area contributed by atoms with Gasteiger partial charge < -0.3 is 15.4 Å². The number of fused-ring (bicyclic) bond motifs is 1. The summed E-state index contributed by atoms with van der Waals surface area (Å²) >= 11 is 6.32. The smallest absolute Gasteiger partial charge is 0.319 e. The van der Waals surface area contributed by atoms with Gasteiger partial charge in [-0.2, -0.15) is 0 Å². The van der Waals surface area contributed by atoms with Crippen LogP contribution in [0.15, 0.2) is 67.0 Å². The van der Waals surface area contributed by atoms with Gasteiger partial charge in [-0.05, 0) is 48.2 Å². The number of carbonyl (C=O) groups is 1. The monoisotopic (exact) mass is 393 g/mol. The van der Waals surface area contributed by atoms with Crippen LogP contribution in [0.5, 0.6) is 5.75 Å². The molecule has 1 atom stereocenters. The number of carbonyl (C=O) groups excluding carboxylic acids is 1. The lowest BCUT2D eigenvalue weighted by molar-refractivity contribution is 0.177. The van der Waals surface area contributed by atoms with E-state index in [9.17, 15) is 4.79 Å². The molecule has 142 valence electrons. The molecule has 6 heteroatoms. The minimum Gasteiger partial charge on any atom is -0.485 e. The van der Waals surface area contributed by atoms with E-state index in [1.807, 2.05) is 54.6 Å². The van der Waals surface area contributed by atoms with Crippen molar-refractivity contribution in [1.82, 2.24) is 10.3 Å². The number of halogens is 1. The van der Waals surface area contributed by atoms with E-state index in [1.165, 1.54) is 0 Å². The number of pyridine rings is 1. The van der Waals surface area contributed by atoms with Crippen LogP contribution in [0.4, 0.5) is 10.5 Å². The number of nitrogens with zero attached hydrogens (tertiary/aromatic N) is 1. The highest BCUT2D eigenvalue weighted by Crippen LogP contribution is 2.38. The Bertz CT molecular complexity index is 979. The SMILES string of the molecule is O=C(NCc1ccncc1)Nc1ccc2c(c1)OC(c1ccccc1Cl)CC2. The van der Waals surface area contributed by atoms with Crippen LogP contribution in [0.2, 0.25) is 5.02 Å². The molecule has 1 unspecified atom stereocenters. The molecule has 1 aliphatic rings. The zero-order chi connectivity index (χ0) is 19.3. The largest absolute Gasteiger partial charge is 0.485 e. The van der Waals surface area contributed by atoms with Crippen molar-refractivity contribution in [1.29, 1.82) is 0 Å². The summed E-state index contributed by atoms with van der Waals surface area (Å²) in [6.07, 6.45) is 5.09. The Labute approximate surface area is 168 Å². The van der Waals surface area contributed by atoms with E-state index >= 15 is 0 Å². The number of benzene rings is 2. The van der Waals surface area contributed by atoms with Gasteiger partial charge in [0.2, 0.25) is 0 Å². The third-order valence-corrected chi connectivity index (χ3v) is 5.07. The van der Waals surface area contributed by atoms with Gasteiger partial charge in [0.25, 0.3) is 0 Å². The highest BCUT2D eigenvalue weighted by molar-refractivity contribution is 6.31. The number of rotatable bonds is 4. The molecule has 1 aliphatic heterocycles. The van der Waals surface area contributed by atoms with Gasteiger partial charge in [0.15, 0.2) is 0 Å². The van der Waals surface area contributed by atoms with E-state index in [2.05, 4.69) is 15.6 Å². The van der Waals surface area contributed by atoms with Gasteiger partial charge in [0.1, 0.15) is 11.9 Å². The van der Waals surface area contributed by atoms with E-state index < -0.39 is 0 Å². The fourth-order valence-electron chi connectivity index (χ4n) is 3.26. The zero-order valence-corrected chi connectivity index (χ0v) is 15.9. The number of anilines is 1. The summed E-state index contributed by atoms with van der Waals surface area (Å²) in [5.74, 6) is 0.781. The first-order valence-electron chi connectivity index (χ1n) is 9.17. The molecule has 2 heterocycles. The van der Waals surface area contributed by atoms with Crippen LogP contribution in [0.3, 0.4) is 0 Å². The summed E-state index contributed by atoms with van der Waals surface area (Å²) in [6, 6.07) is 17.0. The lowest BCUT2D eigenvalue weighted by atomic mass is 9.97. The third kappa shape index (κ3) is 4.26. The Kier molecular flexibility index (Phi) is 5.44. The van der Waals surface area contributed by atoms with E-state index in [1.54, 1.807) is 12.4 Å². The first kappa shape index (κ1) is 18.3. The average molecular weight is 394 g/mol. The Morgan fingerprint density at radius 3 is 2.79 bits per heavy atom. The number of urea groups is 1. The second kappa shape index (κ2) is 8.31. The lowest BCUT2D eigenvalue weighted by Gasteiger charge is -2.27. The first-order chi connectivity index (χ1) is 13.7. The second-order valence-electron chi connectivity index (χ2n) is 6.65. The number of aromatic nitrogens is 1. The van der Waals surface area contributed by atoms with Crippen molar-refractivity contribution in [2.75, 3.05) is 5.32 Å². The molecule has 2 N–H and O–H groups in total. The van der Waals surface area contributed by atoms with Crippen LogP contribution in [0.1, 0.15) is 29.2 Å². The highest BCUT2D eigenvalue weighted by Gasteiger charge is 2.23. The van der Waals surface area contributed by atoms with Gasteiger partial charge in [0, 0.05) is 41.3 Å². The Balaban J connectivity index is 1.42. The van der Waals surface area contributed by atoms with Crippen molar-refractivity contribution in [3.05, 3.63) is 88.7 Å². The summed E-state index contributed by atoms with van der Waals surface area (Å²) in [5.41, 5.74) is 3.79. The maximum atomic E-state index is 12.2.